The van der Waals surface area contributed by atoms with Crippen molar-refractivity contribution in [1.82, 2.24) is 4.98 Å². The number of furan rings is 1. The molecule has 0 saturated heterocycles. The first-order chi connectivity index (χ1) is 11.7. The Morgan fingerprint density at radius 3 is 2.92 bits per heavy atom. The van der Waals surface area contributed by atoms with Crippen LogP contribution >= 0.6 is 11.3 Å². The van der Waals surface area contributed by atoms with Crippen LogP contribution in [0.25, 0.3) is 21.7 Å². The van der Waals surface area contributed by atoms with Gasteiger partial charge in [-0.2, -0.15) is 0 Å². The maximum absolute atomic E-state index is 12.3. The van der Waals surface area contributed by atoms with E-state index >= 15 is 0 Å². The molecule has 0 fully saturated rings. The number of aryl methyl sites for hydroxylation is 1. The molecule has 24 heavy (non-hydrogen) atoms. The number of esters is 1. The lowest BCUT2D eigenvalue weighted by Crippen LogP contribution is -2.05. The number of aromatic nitrogens is 1. The van der Waals surface area contributed by atoms with Crippen LogP contribution in [-0.2, 0) is 11.3 Å². The molecule has 3 heterocycles. The fourth-order valence-corrected chi connectivity index (χ4v) is 3.12. The quantitative estimate of drug-likeness (QED) is 0.499. The fourth-order valence-electron chi connectivity index (χ4n) is 2.46. The Labute approximate surface area is 141 Å². The van der Waals surface area contributed by atoms with E-state index < -0.39 is 5.97 Å². The Morgan fingerprint density at radius 2 is 2.12 bits per heavy atom. The van der Waals surface area contributed by atoms with Crippen molar-refractivity contribution in [1.29, 1.82) is 0 Å². The summed E-state index contributed by atoms with van der Waals surface area (Å²) in [6, 6.07) is 11.3. The number of thiophene rings is 1. The third-order valence-electron chi connectivity index (χ3n) is 3.66. The summed E-state index contributed by atoms with van der Waals surface area (Å²) in [5.41, 5.74) is 2.00. The molecule has 1 aromatic carbocycles. The molecule has 4 aromatic rings. The number of carbonyl (C=O) groups is 1. The van der Waals surface area contributed by atoms with Crippen LogP contribution in [0.1, 0.15) is 21.8 Å². The van der Waals surface area contributed by atoms with Crippen LogP contribution in [0.15, 0.2) is 56.9 Å². The van der Waals surface area contributed by atoms with E-state index in [0.29, 0.717) is 17.2 Å². The van der Waals surface area contributed by atoms with Gasteiger partial charge in [0, 0.05) is 10.9 Å². The van der Waals surface area contributed by atoms with E-state index in [4.69, 9.17) is 13.6 Å². The van der Waals surface area contributed by atoms with Gasteiger partial charge in [0.05, 0.1) is 4.88 Å². The molecule has 6 heteroatoms. The van der Waals surface area contributed by atoms with Gasteiger partial charge in [-0.25, -0.2) is 9.78 Å². The van der Waals surface area contributed by atoms with Crippen molar-refractivity contribution in [2.24, 2.45) is 0 Å². The average Bonchev–Trinajstić information content (AvgIpc) is 3.33. The lowest BCUT2D eigenvalue weighted by atomic mass is 10.1. The van der Waals surface area contributed by atoms with E-state index in [-0.39, 0.29) is 12.4 Å². The highest BCUT2D eigenvalue weighted by atomic mass is 32.1. The Kier molecular flexibility index (Phi) is 3.66. The fraction of sp³-hybridized carbons (Fsp3) is 0.111. The average molecular weight is 339 g/mol. The summed E-state index contributed by atoms with van der Waals surface area (Å²) in [6.45, 7) is 1.87. The molecule has 4 rings (SSSR count). The predicted molar refractivity (Wildman–Crippen MR) is 89.9 cm³/mol. The smallest absolute Gasteiger partial charge is 0.374 e. The van der Waals surface area contributed by atoms with Crippen molar-refractivity contribution in [2.45, 2.75) is 13.5 Å². The monoisotopic (exact) mass is 339 g/mol. The molecule has 0 aliphatic rings. The van der Waals surface area contributed by atoms with E-state index in [0.717, 1.165) is 15.8 Å². The standard InChI is InChI=1S/C18H13NO4S/c1-11-13-5-2-3-6-14(13)23-16(11)18(20)22-10-12-9-21-17(19-12)15-7-4-8-24-15/h2-9H,10H2,1H3. The molecular formula is C18H13NO4S. The molecule has 120 valence electrons. The molecular weight excluding hydrogens is 326 g/mol. The summed E-state index contributed by atoms with van der Waals surface area (Å²) in [5.74, 6) is 0.235. The summed E-state index contributed by atoms with van der Waals surface area (Å²) in [6.07, 6.45) is 1.49. The SMILES string of the molecule is Cc1c(C(=O)OCc2coc(-c3cccs3)n2)oc2ccccc12. The lowest BCUT2D eigenvalue weighted by Gasteiger charge is -2.00. The molecule has 0 amide bonds. The third-order valence-corrected chi connectivity index (χ3v) is 4.52. The molecule has 5 nitrogen and oxygen atoms in total. The van der Waals surface area contributed by atoms with E-state index in [2.05, 4.69) is 4.98 Å². The van der Waals surface area contributed by atoms with Crippen molar-refractivity contribution in [3.8, 4) is 10.8 Å². The van der Waals surface area contributed by atoms with Gasteiger partial charge in [-0.3, -0.25) is 0 Å². The Hall–Kier alpha value is -2.86. The molecule has 0 atom stereocenters. The van der Waals surface area contributed by atoms with Gasteiger partial charge < -0.3 is 13.6 Å². The molecule has 3 aromatic heterocycles. The van der Waals surface area contributed by atoms with Crippen LogP contribution in [0.2, 0.25) is 0 Å². The topological polar surface area (TPSA) is 65.5 Å². The van der Waals surface area contributed by atoms with Crippen molar-refractivity contribution in [2.75, 3.05) is 0 Å². The van der Waals surface area contributed by atoms with E-state index in [1.807, 2.05) is 48.7 Å². The van der Waals surface area contributed by atoms with Crippen LogP contribution in [0.3, 0.4) is 0 Å². The van der Waals surface area contributed by atoms with Gasteiger partial charge in [-0.15, -0.1) is 11.3 Å². The Morgan fingerprint density at radius 1 is 1.25 bits per heavy atom. The Balaban J connectivity index is 1.49. The molecule has 0 saturated carbocycles. The summed E-state index contributed by atoms with van der Waals surface area (Å²) in [4.78, 5) is 17.5. The number of oxazole rings is 1. The third kappa shape index (κ3) is 2.61. The highest BCUT2D eigenvalue weighted by molar-refractivity contribution is 7.13. The van der Waals surface area contributed by atoms with Gasteiger partial charge in [0.15, 0.2) is 0 Å². The second-order valence-electron chi connectivity index (χ2n) is 5.25. The van der Waals surface area contributed by atoms with Crippen LogP contribution in [0, 0.1) is 6.92 Å². The molecule has 0 unspecified atom stereocenters. The minimum Gasteiger partial charge on any atom is -0.453 e. The number of hydrogen-bond donors (Lipinski definition) is 0. The van der Waals surface area contributed by atoms with Crippen molar-refractivity contribution in [3.05, 3.63) is 65.1 Å². The maximum Gasteiger partial charge on any atom is 0.374 e. The van der Waals surface area contributed by atoms with E-state index in [9.17, 15) is 4.79 Å². The van der Waals surface area contributed by atoms with Gasteiger partial charge >= 0.3 is 5.97 Å². The van der Waals surface area contributed by atoms with Crippen LogP contribution in [0.4, 0.5) is 0 Å². The summed E-state index contributed by atoms with van der Waals surface area (Å²) in [7, 11) is 0. The maximum atomic E-state index is 12.3. The van der Waals surface area contributed by atoms with Crippen LogP contribution in [-0.4, -0.2) is 11.0 Å². The van der Waals surface area contributed by atoms with Gasteiger partial charge in [-0.1, -0.05) is 24.3 Å². The van der Waals surface area contributed by atoms with Gasteiger partial charge in [0.1, 0.15) is 24.1 Å². The minimum atomic E-state index is -0.510. The van der Waals surface area contributed by atoms with Crippen molar-refractivity contribution < 1.29 is 18.4 Å². The number of rotatable bonds is 4. The number of hydrogen-bond acceptors (Lipinski definition) is 6. The summed E-state index contributed by atoms with van der Waals surface area (Å²) in [5, 5.41) is 2.86. The second kappa shape index (κ2) is 5.98. The number of benzene rings is 1. The van der Waals surface area contributed by atoms with Crippen LogP contribution < -0.4 is 0 Å². The molecule has 0 spiro atoms. The highest BCUT2D eigenvalue weighted by Gasteiger charge is 2.19. The number of para-hydroxylation sites is 1. The van der Waals surface area contributed by atoms with Crippen molar-refractivity contribution >= 4 is 28.3 Å². The van der Waals surface area contributed by atoms with E-state index in [1.165, 1.54) is 17.6 Å². The summed E-state index contributed by atoms with van der Waals surface area (Å²) < 4.78 is 16.3. The predicted octanol–water partition coefficient (Wildman–Crippen LogP) is 4.81. The first-order valence-electron chi connectivity index (χ1n) is 7.36. The van der Waals surface area contributed by atoms with Crippen molar-refractivity contribution in [3.63, 3.8) is 0 Å². The first-order valence-corrected chi connectivity index (χ1v) is 8.24. The number of nitrogens with zero attached hydrogens (tertiary/aromatic N) is 1. The van der Waals surface area contributed by atoms with Gasteiger partial charge in [-0.05, 0) is 24.4 Å². The zero-order valence-corrected chi connectivity index (χ0v) is 13.6. The number of carbonyl (C=O) groups excluding carboxylic acids is 1. The van der Waals surface area contributed by atoms with Gasteiger partial charge in [0.2, 0.25) is 11.7 Å². The zero-order valence-electron chi connectivity index (χ0n) is 12.8. The zero-order chi connectivity index (χ0) is 16.5. The van der Waals surface area contributed by atoms with Gasteiger partial charge in [0.25, 0.3) is 0 Å². The van der Waals surface area contributed by atoms with E-state index in [1.54, 1.807) is 0 Å². The first kappa shape index (κ1) is 14.7. The molecule has 0 aliphatic heterocycles. The summed E-state index contributed by atoms with van der Waals surface area (Å²) >= 11 is 1.54. The molecule has 0 radical (unpaired) electrons. The lowest BCUT2D eigenvalue weighted by molar-refractivity contribution is 0.0432. The number of ether oxygens (including phenoxy) is 1. The minimum absolute atomic E-state index is 0.0319. The molecule has 0 aliphatic carbocycles. The Bertz CT molecular complexity index is 997. The normalized spacial score (nSPS) is 11.0. The van der Waals surface area contributed by atoms with Crippen LogP contribution in [0.5, 0.6) is 0 Å². The second-order valence-corrected chi connectivity index (χ2v) is 6.20. The molecule has 0 bridgehead atoms. The highest BCUT2D eigenvalue weighted by Crippen LogP contribution is 2.26. The number of fused-ring (bicyclic) bond motifs is 1. The molecule has 0 N–H and O–H groups in total. The largest absolute Gasteiger partial charge is 0.453 e.